The van der Waals surface area contributed by atoms with Crippen molar-refractivity contribution in [2.45, 2.75) is 0 Å². The Kier molecular flexibility index (Phi) is 2.66. The summed E-state index contributed by atoms with van der Waals surface area (Å²) < 4.78 is 13.0. The van der Waals surface area contributed by atoms with Crippen molar-refractivity contribution in [1.29, 1.82) is 0 Å². The Morgan fingerprint density at radius 3 is 2.50 bits per heavy atom. The summed E-state index contributed by atoms with van der Waals surface area (Å²) in [6.45, 7) is 0. The average Bonchev–Trinajstić information content (AvgIpc) is 2.01. The molecule has 0 atom stereocenters. The first-order valence-corrected chi connectivity index (χ1v) is 3.60. The number of hydrogen-bond acceptors (Lipinski definition) is 2. The first kappa shape index (κ1) is 9.97. The van der Waals surface area contributed by atoms with Gasteiger partial charge in [-0.1, -0.05) is 0 Å². The highest BCUT2D eigenvalue weighted by molar-refractivity contribution is 5.91. The minimum absolute atomic E-state index is 0.111. The Labute approximate surface area is 78.3 Å². The minimum atomic E-state index is -1.37. The Hall–Kier alpha value is -2.11. The first-order valence-electron chi connectivity index (χ1n) is 3.60. The molecular weight excluding hydrogens is 191 g/mol. The molecule has 74 valence electrons. The molecule has 0 unspecified atom stereocenters. The molecule has 1 aromatic carbocycles. The summed E-state index contributed by atoms with van der Waals surface area (Å²) in [5.74, 6) is -2.29. The van der Waals surface area contributed by atoms with Gasteiger partial charge in [0.05, 0.1) is 5.56 Å². The summed E-state index contributed by atoms with van der Waals surface area (Å²) in [4.78, 5) is 20.8. The molecular formula is C8H7FN2O3. The van der Waals surface area contributed by atoms with Crippen LogP contribution in [0.25, 0.3) is 0 Å². The number of primary amides is 1. The highest BCUT2D eigenvalue weighted by Crippen LogP contribution is 2.14. The fraction of sp³-hybridized carbons (Fsp3) is 0. The number of aromatic carboxylic acids is 1. The maximum atomic E-state index is 13.0. The number of nitrogens with two attached hydrogens (primary N) is 1. The van der Waals surface area contributed by atoms with E-state index < -0.39 is 23.4 Å². The monoisotopic (exact) mass is 198 g/mol. The summed E-state index contributed by atoms with van der Waals surface area (Å²) in [5.41, 5.74) is 4.44. The Balaban J connectivity index is 3.00. The van der Waals surface area contributed by atoms with Crippen LogP contribution in [0.15, 0.2) is 18.2 Å². The van der Waals surface area contributed by atoms with Crippen molar-refractivity contribution in [3.05, 3.63) is 29.6 Å². The number of rotatable bonds is 2. The van der Waals surface area contributed by atoms with E-state index >= 15 is 0 Å². The molecule has 5 nitrogen and oxygen atoms in total. The molecule has 0 aliphatic heterocycles. The van der Waals surface area contributed by atoms with Crippen molar-refractivity contribution in [2.24, 2.45) is 5.73 Å². The molecule has 0 saturated heterocycles. The van der Waals surface area contributed by atoms with Crippen LogP contribution in [-0.4, -0.2) is 17.1 Å². The van der Waals surface area contributed by atoms with Crippen LogP contribution in [0.1, 0.15) is 10.4 Å². The van der Waals surface area contributed by atoms with Crippen LogP contribution in [0.5, 0.6) is 0 Å². The van der Waals surface area contributed by atoms with Gasteiger partial charge in [0.1, 0.15) is 5.82 Å². The highest BCUT2D eigenvalue weighted by atomic mass is 19.1. The number of benzene rings is 1. The zero-order valence-corrected chi connectivity index (χ0v) is 6.95. The molecule has 0 aliphatic rings. The molecule has 14 heavy (non-hydrogen) atoms. The molecule has 0 fully saturated rings. The summed E-state index contributed by atoms with van der Waals surface area (Å²) in [6.07, 6.45) is 0. The lowest BCUT2D eigenvalue weighted by Gasteiger charge is -2.02. The Bertz CT molecular complexity index is 392. The lowest BCUT2D eigenvalue weighted by atomic mass is 10.2. The predicted molar refractivity (Wildman–Crippen MR) is 46.6 cm³/mol. The third-order valence-electron chi connectivity index (χ3n) is 1.47. The molecule has 0 spiro atoms. The summed E-state index contributed by atoms with van der Waals surface area (Å²) in [7, 11) is 0. The van der Waals surface area contributed by atoms with Gasteiger partial charge in [0.25, 0.3) is 0 Å². The normalized spacial score (nSPS) is 9.50. The van der Waals surface area contributed by atoms with E-state index in [0.717, 1.165) is 12.1 Å². The number of amides is 2. The molecule has 1 rings (SSSR count). The van der Waals surface area contributed by atoms with Gasteiger partial charge in [-0.3, -0.25) is 0 Å². The van der Waals surface area contributed by atoms with Gasteiger partial charge in [0.2, 0.25) is 0 Å². The van der Waals surface area contributed by atoms with Crippen molar-refractivity contribution in [3.8, 4) is 0 Å². The van der Waals surface area contributed by atoms with E-state index in [9.17, 15) is 14.0 Å². The van der Waals surface area contributed by atoms with Crippen LogP contribution in [0.3, 0.4) is 0 Å². The van der Waals surface area contributed by atoms with Gasteiger partial charge in [0.15, 0.2) is 0 Å². The van der Waals surface area contributed by atoms with Gasteiger partial charge in [-0.15, -0.1) is 0 Å². The van der Waals surface area contributed by atoms with Gasteiger partial charge < -0.3 is 16.2 Å². The van der Waals surface area contributed by atoms with Crippen LogP contribution in [0.4, 0.5) is 14.9 Å². The zero-order chi connectivity index (χ0) is 10.7. The van der Waals surface area contributed by atoms with E-state index in [1.807, 2.05) is 0 Å². The van der Waals surface area contributed by atoms with E-state index in [1.165, 1.54) is 6.07 Å². The molecule has 0 aliphatic carbocycles. The van der Waals surface area contributed by atoms with Gasteiger partial charge >= 0.3 is 12.0 Å². The fourth-order valence-electron chi connectivity index (χ4n) is 0.909. The van der Waals surface area contributed by atoms with Crippen LogP contribution < -0.4 is 11.1 Å². The van der Waals surface area contributed by atoms with Crippen molar-refractivity contribution < 1.29 is 19.1 Å². The second kappa shape index (κ2) is 3.73. The Morgan fingerprint density at radius 2 is 2.07 bits per heavy atom. The number of carboxylic acids is 1. The molecule has 1 aromatic rings. The Morgan fingerprint density at radius 1 is 1.43 bits per heavy atom. The summed E-state index contributed by atoms with van der Waals surface area (Å²) >= 11 is 0. The minimum Gasteiger partial charge on any atom is -0.478 e. The zero-order valence-electron chi connectivity index (χ0n) is 6.95. The van der Waals surface area contributed by atoms with Gasteiger partial charge in [0, 0.05) is 5.69 Å². The van der Waals surface area contributed by atoms with Crippen LogP contribution in [0, 0.1) is 5.82 Å². The molecule has 2 amide bonds. The summed E-state index contributed by atoms with van der Waals surface area (Å²) in [5, 5.41) is 10.6. The van der Waals surface area contributed by atoms with Crippen molar-refractivity contribution in [2.75, 3.05) is 5.32 Å². The first-order chi connectivity index (χ1) is 6.50. The number of carboxylic acid groups (broad SMARTS) is 1. The topological polar surface area (TPSA) is 92.4 Å². The van der Waals surface area contributed by atoms with Gasteiger partial charge in [-0.25, -0.2) is 14.0 Å². The van der Waals surface area contributed by atoms with Crippen molar-refractivity contribution in [1.82, 2.24) is 0 Å². The van der Waals surface area contributed by atoms with Crippen LogP contribution >= 0.6 is 0 Å². The quantitative estimate of drug-likeness (QED) is 0.662. The predicted octanol–water partition coefficient (Wildman–Crippen LogP) is 1.01. The molecule has 0 radical (unpaired) electrons. The third-order valence-corrected chi connectivity index (χ3v) is 1.47. The van der Waals surface area contributed by atoms with Crippen molar-refractivity contribution >= 4 is 17.7 Å². The van der Waals surface area contributed by atoms with E-state index in [1.54, 1.807) is 0 Å². The molecule has 0 aromatic heterocycles. The van der Waals surface area contributed by atoms with Gasteiger partial charge in [-0.05, 0) is 18.2 Å². The van der Waals surface area contributed by atoms with Crippen molar-refractivity contribution in [3.63, 3.8) is 0 Å². The number of anilines is 1. The highest BCUT2D eigenvalue weighted by Gasteiger charge is 2.10. The van der Waals surface area contributed by atoms with Crippen LogP contribution in [0.2, 0.25) is 0 Å². The molecule has 0 bridgehead atoms. The van der Waals surface area contributed by atoms with E-state index in [0.29, 0.717) is 0 Å². The standard InChI is InChI=1S/C8H7FN2O3/c9-6-3-4(11-8(10)14)1-2-5(6)7(12)13/h1-3H,(H,12,13)(H3,10,11,14). The average molecular weight is 198 g/mol. The number of carbonyl (C=O) groups excluding carboxylic acids is 1. The van der Waals surface area contributed by atoms with Crippen LogP contribution in [-0.2, 0) is 0 Å². The van der Waals surface area contributed by atoms with E-state index in [-0.39, 0.29) is 5.69 Å². The molecule has 0 saturated carbocycles. The third kappa shape index (κ3) is 2.19. The second-order valence-corrected chi connectivity index (χ2v) is 2.49. The maximum Gasteiger partial charge on any atom is 0.338 e. The smallest absolute Gasteiger partial charge is 0.338 e. The number of urea groups is 1. The number of hydrogen-bond donors (Lipinski definition) is 3. The fourth-order valence-corrected chi connectivity index (χ4v) is 0.909. The van der Waals surface area contributed by atoms with Gasteiger partial charge in [-0.2, -0.15) is 0 Å². The van der Waals surface area contributed by atoms with E-state index in [2.05, 4.69) is 5.32 Å². The lowest BCUT2D eigenvalue weighted by molar-refractivity contribution is 0.0692. The second-order valence-electron chi connectivity index (χ2n) is 2.49. The largest absolute Gasteiger partial charge is 0.478 e. The van der Waals surface area contributed by atoms with E-state index in [4.69, 9.17) is 10.8 Å². The molecule has 0 heterocycles. The molecule has 6 heteroatoms. The number of halogens is 1. The SMILES string of the molecule is NC(=O)Nc1ccc(C(=O)O)c(F)c1. The number of nitrogens with one attached hydrogen (secondary N) is 1. The number of carbonyl (C=O) groups is 2. The summed E-state index contributed by atoms with van der Waals surface area (Å²) in [6, 6.07) is 2.33. The maximum absolute atomic E-state index is 13.0. The molecule has 4 N–H and O–H groups in total. The lowest BCUT2D eigenvalue weighted by Crippen LogP contribution is -2.19.